The van der Waals surface area contributed by atoms with Crippen LogP contribution in [0.1, 0.15) is 39.7 Å². The lowest BCUT2D eigenvalue weighted by molar-refractivity contribution is -0.146. The zero-order valence-electron chi connectivity index (χ0n) is 15.0. The van der Waals surface area contributed by atoms with Crippen molar-refractivity contribution in [3.63, 3.8) is 0 Å². The van der Waals surface area contributed by atoms with Gasteiger partial charge in [-0.1, -0.05) is 50.6 Å². The lowest BCUT2D eigenvalue weighted by Crippen LogP contribution is -2.58. The second-order valence-corrected chi connectivity index (χ2v) is 6.49. The molecule has 0 aliphatic rings. The standard InChI is InChI=1S/C18H26N2O5/c1-5-12(2)14(15(21)20-18(3,4)16(22)23)19-17(24)25-11-13-9-7-6-8-10-13/h6-10,12,14H,5,11H2,1-4H3,(H,19,24)(H,20,21)(H,22,23). The average molecular weight is 350 g/mol. The number of carboxylic acids is 1. The Balaban J connectivity index is 2.70. The first-order chi connectivity index (χ1) is 11.7. The Bertz CT molecular complexity index is 601. The van der Waals surface area contributed by atoms with Gasteiger partial charge < -0.3 is 20.5 Å². The quantitative estimate of drug-likeness (QED) is 0.667. The molecule has 138 valence electrons. The minimum absolute atomic E-state index is 0.0855. The summed E-state index contributed by atoms with van der Waals surface area (Å²) >= 11 is 0. The number of aliphatic carboxylic acids is 1. The van der Waals surface area contributed by atoms with Crippen LogP contribution in [0.15, 0.2) is 30.3 Å². The maximum Gasteiger partial charge on any atom is 0.408 e. The van der Waals surface area contributed by atoms with Gasteiger partial charge in [0.15, 0.2) is 0 Å². The Morgan fingerprint density at radius 2 is 1.80 bits per heavy atom. The summed E-state index contributed by atoms with van der Waals surface area (Å²) in [5.74, 6) is -1.90. The number of benzene rings is 1. The van der Waals surface area contributed by atoms with Gasteiger partial charge in [-0.25, -0.2) is 9.59 Å². The SMILES string of the molecule is CCC(C)C(NC(=O)OCc1ccccc1)C(=O)NC(C)(C)C(=O)O. The summed E-state index contributed by atoms with van der Waals surface area (Å²) in [5.41, 5.74) is -0.604. The number of amides is 2. The molecule has 1 aromatic rings. The predicted octanol–water partition coefficient (Wildman–Crippen LogP) is 2.31. The number of alkyl carbamates (subject to hydrolysis) is 1. The van der Waals surface area contributed by atoms with E-state index in [0.717, 1.165) is 5.56 Å². The molecular formula is C18H26N2O5. The predicted molar refractivity (Wildman–Crippen MR) is 92.9 cm³/mol. The highest BCUT2D eigenvalue weighted by Gasteiger charge is 2.34. The third-order valence-corrected chi connectivity index (χ3v) is 3.95. The van der Waals surface area contributed by atoms with Crippen LogP contribution in [0.2, 0.25) is 0 Å². The number of carbonyl (C=O) groups is 3. The van der Waals surface area contributed by atoms with Crippen LogP contribution in [0.5, 0.6) is 0 Å². The van der Waals surface area contributed by atoms with Gasteiger partial charge >= 0.3 is 12.1 Å². The van der Waals surface area contributed by atoms with E-state index in [1.165, 1.54) is 13.8 Å². The molecule has 0 heterocycles. The number of carbonyl (C=O) groups excluding carboxylic acids is 2. The Morgan fingerprint density at radius 1 is 1.20 bits per heavy atom. The molecule has 0 saturated heterocycles. The van der Waals surface area contributed by atoms with Crippen molar-refractivity contribution in [1.82, 2.24) is 10.6 Å². The summed E-state index contributed by atoms with van der Waals surface area (Å²) in [4.78, 5) is 35.6. The maximum atomic E-state index is 12.4. The highest BCUT2D eigenvalue weighted by Crippen LogP contribution is 2.11. The highest BCUT2D eigenvalue weighted by atomic mass is 16.5. The molecule has 0 aromatic heterocycles. The van der Waals surface area contributed by atoms with Crippen molar-refractivity contribution in [2.75, 3.05) is 0 Å². The molecule has 0 spiro atoms. The van der Waals surface area contributed by atoms with Gasteiger partial charge in [-0.3, -0.25) is 4.79 Å². The Kier molecular flexibility index (Phi) is 7.42. The molecule has 7 heteroatoms. The molecule has 0 fully saturated rings. The number of hydrogen-bond acceptors (Lipinski definition) is 4. The third kappa shape index (κ3) is 6.45. The second-order valence-electron chi connectivity index (χ2n) is 6.49. The van der Waals surface area contributed by atoms with E-state index in [0.29, 0.717) is 6.42 Å². The van der Waals surface area contributed by atoms with E-state index in [9.17, 15) is 14.4 Å². The van der Waals surface area contributed by atoms with Gasteiger partial charge in [0.25, 0.3) is 0 Å². The molecule has 0 aliphatic carbocycles. The van der Waals surface area contributed by atoms with E-state index in [2.05, 4.69) is 10.6 Å². The first-order valence-electron chi connectivity index (χ1n) is 8.20. The number of rotatable bonds is 8. The van der Waals surface area contributed by atoms with Crippen molar-refractivity contribution < 1.29 is 24.2 Å². The van der Waals surface area contributed by atoms with Crippen molar-refractivity contribution in [2.24, 2.45) is 5.92 Å². The fraction of sp³-hybridized carbons (Fsp3) is 0.500. The van der Waals surface area contributed by atoms with Crippen molar-refractivity contribution in [3.05, 3.63) is 35.9 Å². The van der Waals surface area contributed by atoms with E-state index in [4.69, 9.17) is 9.84 Å². The molecule has 2 atom stereocenters. The van der Waals surface area contributed by atoms with E-state index < -0.39 is 29.6 Å². The van der Waals surface area contributed by atoms with Gasteiger partial charge in [-0.2, -0.15) is 0 Å². The number of carboxylic acid groups (broad SMARTS) is 1. The largest absolute Gasteiger partial charge is 0.480 e. The molecule has 2 unspecified atom stereocenters. The highest BCUT2D eigenvalue weighted by molar-refractivity contribution is 5.91. The molecule has 0 bridgehead atoms. The number of nitrogens with one attached hydrogen (secondary N) is 2. The smallest absolute Gasteiger partial charge is 0.408 e. The number of hydrogen-bond donors (Lipinski definition) is 3. The first-order valence-corrected chi connectivity index (χ1v) is 8.20. The molecule has 7 nitrogen and oxygen atoms in total. The van der Waals surface area contributed by atoms with Crippen LogP contribution in [-0.2, 0) is 20.9 Å². The van der Waals surface area contributed by atoms with E-state index in [1.807, 2.05) is 37.3 Å². The zero-order valence-corrected chi connectivity index (χ0v) is 15.0. The summed E-state index contributed by atoms with van der Waals surface area (Å²) in [6.45, 7) is 6.53. The summed E-state index contributed by atoms with van der Waals surface area (Å²) in [6.07, 6.45) is -0.0951. The van der Waals surface area contributed by atoms with Crippen LogP contribution < -0.4 is 10.6 Å². The van der Waals surface area contributed by atoms with Crippen LogP contribution in [0.3, 0.4) is 0 Å². The zero-order chi connectivity index (χ0) is 19.0. The van der Waals surface area contributed by atoms with Gasteiger partial charge in [0.05, 0.1) is 0 Å². The second kappa shape index (κ2) is 9.05. The molecule has 3 N–H and O–H groups in total. The Morgan fingerprint density at radius 3 is 2.32 bits per heavy atom. The summed E-state index contributed by atoms with van der Waals surface area (Å²) in [5, 5.41) is 14.1. The normalized spacial score (nSPS) is 13.4. The molecule has 25 heavy (non-hydrogen) atoms. The topological polar surface area (TPSA) is 105 Å². The summed E-state index contributed by atoms with van der Waals surface area (Å²) in [7, 11) is 0. The van der Waals surface area contributed by atoms with Gasteiger partial charge in [0.1, 0.15) is 18.2 Å². The van der Waals surface area contributed by atoms with Gasteiger partial charge in [0, 0.05) is 0 Å². The van der Waals surface area contributed by atoms with Crippen LogP contribution in [-0.4, -0.2) is 34.7 Å². The van der Waals surface area contributed by atoms with Crippen LogP contribution in [0.4, 0.5) is 4.79 Å². The third-order valence-electron chi connectivity index (χ3n) is 3.95. The molecule has 0 radical (unpaired) electrons. The first kappa shape index (κ1) is 20.5. The monoisotopic (exact) mass is 350 g/mol. The van der Waals surface area contributed by atoms with Crippen LogP contribution in [0.25, 0.3) is 0 Å². The van der Waals surface area contributed by atoms with Crippen molar-refractivity contribution in [1.29, 1.82) is 0 Å². The fourth-order valence-electron chi connectivity index (χ4n) is 2.03. The van der Waals surface area contributed by atoms with Crippen LogP contribution >= 0.6 is 0 Å². The Labute approximate surface area is 147 Å². The van der Waals surface area contributed by atoms with Crippen molar-refractivity contribution >= 4 is 18.0 Å². The minimum Gasteiger partial charge on any atom is -0.480 e. The van der Waals surface area contributed by atoms with Gasteiger partial charge in [-0.15, -0.1) is 0 Å². The van der Waals surface area contributed by atoms with Crippen molar-refractivity contribution in [3.8, 4) is 0 Å². The lowest BCUT2D eigenvalue weighted by atomic mass is 9.96. The fourth-order valence-corrected chi connectivity index (χ4v) is 2.03. The van der Waals surface area contributed by atoms with Crippen molar-refractivity contribution in [2.45, 2.75) is 52.3 Å². The minimum atomic E-state index is -1.43. The van der Waals surface area contributed by atoms with Crippen LogP contribution in [0, 0.1) is 5.92 Å². The molecule has 2 amide bonds. The van der Waals surface area contributed by atoms with Gasteiger partial charge in [-0.05, 0) is 25.3 Å². The van der Waals surface area contributed by atoms with E-state index in [-0.39, 0.29) is 12.5 Å². The lowest BCUT2D eigenvalue weighted by Gasteiger charge is -2.28. The molecule has 0 saturated carbocycles. The molecule has 0 aliphatic heterocycles. The van der Waals surface area contributed by atoms with Gasteiger partial charge in [0.2, 0.25) is 5.91 Å². The number of ether oxygens (including phenoxy) is 1. The maximum absolute atomic E-state index is 12.4. The molecule has 1 rings (SSSR count). The molecule has 1 aromatic carbocycles. The Hall–Kier alpha value is -2.57. The van der Waals surface area contributed by atoms with E-state index in [1.54, 1.807) is 6.92 Å². The summed E-state index contributed by atoms with van der Waals surface area (Å²) < 4.78 is 5.13. The molecular weight excluding hydrogens is 324 g/mol. The van der Waals surface area contributed by atoms with E-state index >= 15 is 0 Å². The average Bonchev–Trinajstić information content (AvgIpc) is 2.57. The summed E-state index contributed by atoms with van der Waals surface area (Å²) in [6, 6.07) is 8.28.